The molecule has 0 spiro atoms. The molecule has 1 fully saturated rings. The molecule has 2 heterocycles. The molecule has 2 aliphatic heterocycles. The lowest BCUT2D eigenvalue weighted by Gasteiger charge is -2.42. The molecule has 3 aromatic rings. The number of hydrogen-bond acceptors (Lipinski definition) is 4. The first kappa shape index (κ1) is 20.0. The summed E-state index contributed by atoms with van der Waals surface area (Å²) in [7, 11) is 3.38. The Balaban J connectivity index is 1.41. The fourth-order valence-corrected chi connectivity index (χ4v) is 5.35. The molecule has 4 nitrogen and oxygen atoms in total. The highest BCUT2D eigenvalue weighted by Gasteiger charge is 2.44. The summed E-state index contributed by atoms with van der Waals surface area (Å²) in [4.78, 5) is 0. The summed E-state index contributed by atoms with van der Waals surface area (Å²) in [5.41, 5.74) is 4.51. The highest BCUT2D eigenvalue weighted by Crippen LogP contribution is 2.50. The molecular weight excluding hydrogens is 412 g/mol. The van der Waals surface area contributed by atoms with E-state index in [-0.39, 0.29) is 17.4 Å². The fraction of sp³-hybridized carbons (Fsp3) is 0.241. The zero-order valence-corrected chi connectivity index (χ0v) is 18.8. The summed E-state index contributed by atoms with van der Waals surface area (Å²) < 4.78 is 23.6. The van der Waals surface area contributed by atoms with Crippen LogP contribution in [-0.2, 0) is 10.2 Å². The van der Waals surface area contributed by atoms with Gasteiger partial charge in [-0.1, -0.05) is 42.5 Å². The van der Waals surface area contributed by atoms with E-state index in [2.05, 4.69) is 48.6 Å². The Morgan fingerprint density at radius 2 is 1.42 bits per heavy atom. The third-order valence-electron chi connectivity index (χ3n) is 7.16. The lowest BCUT2D eigenvalue weighted by molar-refractivity contribution is 0.130. The molecule has 2 unspecified atom stereocenters. The van der Waals surface area contributed by atoms with Crippen LogP contribution in [0.5, 0.6) is 17.2 Å². The van der Waals surface area contributed by atoms with Gasteiger partial charge in [-0.05, 0) is 65.6 Å². The highest BCUT2D eigenvalue weighted by atomic mass is 16.5. The summed E-state index contributed by atoms with van der Waals surface area (Å²) in [5.74, 6) is 3.84. The second kappa shape index (κ2) is 7.73. The quantitative estimate of drug-likeness (QED) is 0.518. The van der Waals surface area contributed by atoms with Crippen molar-refractivity contribution < 1.29 is 18.9 Å². The summed E-state index contributed by atoms with van der Waals surface area (Å²) in [6.07, 6.45) is 5.35. The second-order valence-electron chi connectivity index (χ2n) is 8.87. The van der Waals surface area contributed by atoms with Crippen molar-refractivity contribution in [2.45, 2.75) is 23.9 Å². The predicted molar refractivity (Wildman–Crippen MR) is 127 cm³/mol. The van der Waals surface area contributed by atoms with Crippen molar-refractivity contribution >= 4 is 0 Å². The minimum atomic E-state index is -0.319. The van der Waals surface area contributed by atoms with Crippen LogP contribution in [0.15, 0.2) is 96.3 Å². The van der Waals surface area contributed by atoms with E-state index in [1.54, 1.807) is 14.2 Å². The number of para-hydroxylation sites is 1. The van der Waals surface area contributed by atoms with Crippen molar-refractivity contribution in [2.75, 3.05) is 20.8 Å². The van der Waals surface area contributed by atoms with E-state index in [4.69, 9.17) is 18.9 Å². The maximum Gasteiger partial charge on any atom is 0.128 e. The fourth-order valence-electron chi connectivity index (χ4n) is 5.35. The van der Waals surface area contributed by atoms with E-state index < -0.39 is 0 Å². The summed E-state index contributed by atoms with van der Waals surface area (Å²) in [5, 5.41) is 0. The Morgan fingerprint density at radius 3 is 2.06 bits per heavy atom. The van der Waals surface area contributed by atoms with Crippen molar-refractivity contribution in [2.24, 2.45) is 0 Å². The first-order valence-corrected chi connectivity index (χ1v) is 11.3. The monoisotopic (exact) mass is 438 g/mol. The number of methoxy groups -OCH3 is 2. The Labute approximate surface area is 194 Å². The minimum absolute atomic E-state index is 0.00675. The van der Waals surface area contributed by atoms with Gasteiger partial charge in [-0.2, -0.15) is 0 Å². The highest BCUT2D eigenvalue weighted by molar-refractivity contribution is 5.53. The molecule has 1 aliphatic carbocycles. The second-order valence-corrected chi connectivity index (χ2v) is 8.87. The molecule has 0 bridgehead atoms. The topological polar surface area (TPSA) is 36.9 Å². The van der Waals surface area contributed by atoms with Gasteiger partial charge in [0.2, 0.25) is 0 Å². The molecular formula is C29H26O4. The largest absolute Gasteiger partial charge is 0.497 e. The van der Waals surface area contributed by atoms with E-state index in [1.807, 2.05) is 36.4 Å². The molecule has 1 saturated heterocycles. The molecule has 0 saturated carbocycles. The van der Waals surface area contributed by atoms with E-state index in [1.165, 1.54) is 22.3 Å². The molecule has 33 heavy (non-hydrogen) atoms. The van der Waals surface area contributed by atoms with Crippen LogP contribution in [0.25, 0.3) is 0 Å². The zero-order valence-electron chi connectivity index (χ0n) is 18.8. The van der Waals surface area contributed by atoms with Gasteiger partial charge in [0.15, 0.2) is 0 Å². The van der Waals surface area contributed by atoms with Crippen molar-refractivity contribution in [3.8, 4) is 17.2 Å². The zero-order chi connectivity index (χ0) is 22.4. The third kappa shape index (κ3) is 3.20. The van der Waals surface area contributed by atoms with Crippen LogP contribution in [0.2, 0.25) is 0 Å². The standard InChI is InChI=1S/C29H26O4/c1-30-22-11-7-20(8-12-22)29(21-9-13-23(31-2)14-10-21)17-19-15-28-25(16-27(19)32-18-29)24-5-3-4-6-26(24)33-28/h3-16,25,28H,17-18H2,1-2H3. The molecule has 2 atom stereocenters. The van der Waals surface area contributed by atoms with Crippen LogP contribution in [0, 0.1) is 0 Å². The minimum Gasteiger partial charge on any atom is -0.497 e. The Bertz CT molecular complexity index is 1190. The van der Waals surface area contributed by atoms with Crippen LogP contribution in [0.1, 0.15) is 29.0 Å². The molecule has 0 radical (unpaired) electrons. The number of rotatable bonds is 4. The van der Waals surface area contributed by atoms with Crippen molar-refractivity contribution in [3.05, 3.63) is 113 Å². The van der Waals surface area contributed by atoms with Crippen LogP contribution >= 0.6 is 0 Å². The van der Waals surface area contributed by atoms with E-state index in [0.717, 1.165) is 29.4 Å². The van der Waals surface area contributed by atoms with E-state index >= 15 is 0 Å². The van der Waals surface area contributed by atoms with Gasteiger partial charge < -0.3 is 18.9 Å². The number of hydrogen-bond donors (Lipinski definition) is 0. The Hall–Kier alpha value is -3.66. The summed E-state index contributed by atoms with van der Waals surface area (Å²) in [6.45, 7) is 0.564. The number of allylic oxidation sites excluding steroid dienone is 1. The van der Waals surface area contributed by atoms with Gasteiger partial charge in [0.25, 0.3) is 0 Å². The van der Waals surface area contributed by atoms with Crippen LogP contribution < -0.4 is 14.2 Å². The van der Waals surface area contributed by atoms with Crippen molar-refractivity contribution in [1.29, 1.82) is 0 Å². The SMILES string of the molecule is COc1ccc(C2(c3ccc(OC)cc3)COC3=CC4c5ccccc5OC4C=C3C2)cc1. The molecule has 166 valence electrons. The number of fused-ring (bicyclic) bond motifs is 4. The summed E-state index contributed by atoms with van der Waals surface area (Å²) in [6, 6.07) is 25.0. The summed E-state index contributed by atoms with van der Waals surface area (Å²) >= 11 is 0. The van der Waals surface area contributed by atoms with Gasteiger partial charge in [-0.3, -0.25) is 0 Å². The molecule has 3 aliphatic rings. The van der Waals surface area contributed by atoms with Crippen molar-refractivity contribution in [3.63, 3.8) is 0 Å². The van der Waals surface area contributed by atoms with Crippen LogP contribution in [-0.4, -0.2) is 26.9 Å². The third-order valence-corrected chi connectivity index (χ3v) is 7.16. The molecule has 6 rings (SSSR count). The average molecular weight is 439 g/mol. The van der Waals surface area contributed by atoms with Gasteiger partial charge in [0.1, 0.15) is 35.7 Å². The van der Waals surface area contributed by atoms with Gasteiger partial charge in [-0.25, -0.2) is 0 Å². The Kier molecular flexibility index (Phi) is 4.68. The Morgan fingerprint density at radius 1 is 0.788 bits per heavy atom. The molecule has 0 amide bonds. The van der Waals surface area contributed by atoms with Gasteiger partial charge in [0, 0.05) is 5.56 Å². The average Bonchev–Trinajstić information content (AvgIpc) is 3.24. The van der Waals surface area contributed by atoms with E-state index in [0.29, 0.717) is 6.61 Å². The lowest BCUT2D eigenvalue weighted by Crippen LogP contribution is -2.39. The number of ether oxygens (including phenoxy) is 4. The first-order chi connectivity index (χ1) is 16.2. The lowest BCUT2D eigenvalue weighted by atomic mass is 9.68. The van der Waals surface area contributed by atoms with Gasteiger partial charge in [0.05, 0.1) is 25.6 Å². The normalized spacial score (nSPS) is 21.9. The molecule has 0 N–H and O–H groups in total. The van der Waals surface area contributed by atoms with Gasteiger partial charge in [-0.15, -0.1) is 0 Å². The maximum atomic E-state index is 6.52. The van der Waals surface area contributed by atoms with Crippen molar-refractivity contribution in [1.82, 2.24) is 0 Å². The first-order valence-electron chi connectivity index (χ1n) is 11.3. The van der Waals surface area contributed by atoms with Crippen LogP contribution in [0.4, 0.5) is 0 Å². The molecule has 0 aromatic heterocycles. The van der Waals surface area contributed by atoms with Crippen LogP contribution in [0.3, 0.4) is 0 Å². The number of benzene rings is 3. The van der Waals surface area contributed by atoms with E-state index in [9.17, 15) is 0 Å². The predicted octanol–water partition coefficient (Wildman–Crippen LogP) is 5.78. The smallest absolute Gasteiger partial charge is 0.128 e. The maximum absolute atomic E-state index is 6.52. The van der Waals surface area contributed by atoms with Gasteiger partial charge >= 0.3 is 0 Å². The molecule has 4 heteroatoms. The molecule has 3 aromatic carbocycles.